The molecular weight excluding hydrogens is 142 g/mol. The van der Waals surface area contributed by atoms with Crippen LogP contribution in [0.15, 0.2) is 0 Å². The third-order valence-electron chi connectivity index (χ3n) is 2.46. The summed E-state index contributed by atoms with van der Waals surface area (Å²) in [5.41, 5.74) is -0.487. The van der Waals surface area contributed by atoms with Crippen LogP contribution in [0.1, 0.15) is 27.7 Å². The largest absolute Gasteiger partial charge is 0.358 e. The zero-order valence-electron chi connectivity index (χ0n) is 7.47. The van der Waals surface area contributed by atoms with Gasteiger partial charge in [0, 0.05) is 0 Å². The molecule has 1 rings (SSSR count). The summed E-state index contributed by atoms with van der Waals surface area (Å²) in [6.07, 6.45) is -0.0473. The number of hydrogen-bond acceptors (Lipinski definition) is 3. The van der Waals surface area contributed by atoms with Crippen LogP contribution in [0.3, 0.4) is 0 Å². The van der Waals surface area contributed by atoms with Crippen LogP contribution in [-0.2, 0) is 9.53 Å². The molecule has 1 aliphatic rings. The fraction of sp³-hybridized carbons (Fsp3) is 0.875. The maximum Gasteiger partial charge on any atom is 0.152 e. The van der Waals surface area contributed by atoms with Gasteiger partial charge in [0.25, 0.3) is 0 Å². The Kier molecular flexibility index (Phi) is 2.03. The van der Waals surface area contributed by atoms with Crippen LogP contribution in [0, 0.1) is 0 Å². The minimum Gasteiger partial charge on any atom is -0.358 e. The Morgan fingerprint density at radius 1 is 1.55 bits per heavy atom. The average molecular weight is 157 g/mol. The average Bonchev–Trinajstić information content (AvgIpc) is 2.08. The quantitative estimate of drug-likeness (QED) is 0.608. The summed E-state index contributed by atoms with van der Waals surface area (Å²) in [4.78, 5) is 11.2. The van der Waals surface area contributed by atoms with Crippen molar-refractivity contribution in [2.24, 2.45) is 0 Å². The highest BCUT2D eigenvalue weighted by Gasteiger charge is 2.43. The SMILES string of the molecule is CC(=O)C1(C)NC(C)OC1C. The van der Waals surface area contributed by atoms with Gasteiger partial charge in [0.2, 0.25) is 0 Å². The summed E-state index contributed by atoms with van der Waals surface area (Å²) >= 11 is 0. The summed E-state index contributed by atoms with van der Waals surface area (Å²) in [7, 11) is 0. The van der Waals surface area contributed by atoms with E-state index in [0.717, 1.165) is 0 Å². The maximum atomic E-state index is 11.2. The van der Waals surface area contributed by atoms with Gasteiger partial charge in [0.1, 0.15) is 11.8 Å². The lowest BCUT2D eigenvalue weighted by atomic mass is 9.93. The van der Waals surface area contributed by atoms with E-state index >= 15 is 0 Å². The molecule has 3 atom stereocenters. The lowest BCUT2D eigenvalue weighted by Gasteiger charge is -2.23. The second-order valence-electron chi connectivity index (χ2n) is 3.32. The van der Waals surface area contributed by atoms with Crippen LogP contribution < -0.4 is 5.32 Å². The molecule has 1 fully saturated rings. The first kappa shape index (κ1) is 8.68. The maximum absolute atomic E-state index is 11.2. The van der Waals surface area contributed by atoms with Crippen molar-refractivity contribution in [3.63, 3.8) is 0 Å². The van der Waals surface area contributed by atoms with Crippen LogP contribution in [0.5, 0.6) is 0 Å². The fourth-order valence-corrected chi connectivity index (χ4v) is 1.40. The molecular formula is C8H15NO2. The molecule has 0 amide bonds. The Labute approximate surface area is 67.1 Å². The smallest absolute Gasteiger partial charge is 0.152 e. The molecule has 0 spiro atoms. The Hall–Kier alpha value is -0.410. The van der Waals surface area contributed by atoms with Gasteiger partial charge in [-0.1, -0.05) is 0 Å². The summed E-state index contributed by atoms with van der Waals surface area (Å²) in [6, 6.07) is 0. The van der Waals surface area contributed by atoms with E-state index in [0.29, 0.717) is 0 Å². The van der Waals surface area contributed by atoms with E-state index in [1.165, 1.54) is 0 Å². The Bertz CT molecular complexity index is 181. The molecule has 3 unspecified atom stereocenters. The van der Waals surface area contributed by atoms with Crippen LogP contribution in [0.25, 0.3) is 0 Å². The first-order valence-corrected chi connectivity index (χ1v) is 3.91. The molecule has 1 saturated heterocycles. The topological polar surface area (TPSA) is 38.3 Å². The van der Waals surface area contributed by atoms with E-state index in [1.807, 2.05) is 20.8 Å². The minimum absolute atomic E-state index is 0.0149. The molecule has 64 valence electrons. The normalized spacial score (nSPS) is 44.4. The summed E-state index contributed by atoms with van der Waals surface area (Å²) in [5, 5.41) is 3.11. The molecule has 1 heterocycles. The molecule has 1 aliphatic heterocycles. The Balaban J connectivity index is 2.79. The number of ketones is 1. The zero-order valence-corrected chi connectivity index (χ0v) is 7.47. The summed E-state index contributed by atoms with van der Waals surface area (Å²) in [6.45, 7) is 7.29. The molecule has 3 heteroatoms. The van der Waals surface area contributed by atoms with E-state index < -0.39 is 5.54 Å². The molecule has 11 heavy (non-hydrogen) atoms. The van der Waals surface area contributed by atoms with Gasteiger partial charge in [-0.25, -0.2) is 0 Å². The minimum atomic E-state index is -0.487. The van der Waals surface area contributed by atoms with E-state index in [4.69, 9.17) is 4.74 Å². The van der Waals surface area contributed by atoms with Gasteiger partial charge in [-0.3, -0.25) is 10.1 Å². The lowest BCUT2D eigenvalue weighted by molar-refractivity contribution is -0.123. The molecule has 0 bridgehead atoms. The van der Waals surface area contributed by atoms with Gasteiger partial charge in [-0.05, 0) is 27.7 Å². The zero-order chi connectivity index (χ0) is 8.65. The number of Topliss-reactive ketones (excluding diaryl/α,β-unsaturated/α-hetero) is 1. The van der Waals surface area contributed by atoms with E-state index in [2.05, 4.69) is 5.32 Å². The molecule has 0 aromatic rings. The Morgan fingerprint density at radius 3 is 2.27 bits per heavy atom. The van der Waals surface area contributed by atoms with Crippen LogP contribution in [-0.4, -0.2) is 23.7 Å². The van der Waals surface area contributed by atoms with Crippen LogP contribution in [0.4, 0.5) is 0 Å². The molecule has 0 aromatic carbocycles. The van der Waals surface area contributed by atoms with Gasteiger partial charge < -0.3 is 4.74 Å². The van der Waals surface area contributed by atoms with Crippen molar-refractivity contribution >= 4 is 5.78 Å². The number of rotatable bonds is 1. The second kappa shape index (κ2) is 2.57. The molecule has 3 nitrogen and oxygen atoms in total. The number of hydrogen-bond donors (Lipinski definition) is 1. The monoisotopic (exact) mass is 157 g/mol. The first-order chi connectivity index (χ1) is 4.97. The van der Waals surface area contributed by atoms with Gasteiger partial charge in [0.15, 0.2) is 5.78 Å². The second-order valence-corrected chi connectivity index (χ2v) is 3.32. The van der Waals surface area contributed by atoms with Crippen molar-refractivity contribution in [1.82, 2.24) is 5.32 Å². The van der Waals surface area contributed by atoms with Gasteiger partial charge in [-0.2, -0.15) is 0 Å². The number of ether oxygens (including phenoxy) is 1. The highest BCUT2D eigenvalue weighted by Crippen LogP contribution is 2.23. The van der Waals surface area contributed by atoms with Gasteiger partial charge in [0.05, 0.1) is 6.10 Å². The molecule has 1 N–H and O–H groups in total. The molecule has 0 saturated carbocycles. The van der Waals surface area contributed by atoms with Crippen molar-refractivity contribution in [1.29, 1.82) is 0 Å². The third kappa shape index (κ3) is 1.30. The summed E-state index contributed by atoms with van der Waals surface area (Å²) < 4.78 is 5.41. The Morgan fingerprint density at radius 2 is 2.09 bits per heavy atom. The van der Waals surface area contributed by atoms with E-state index in [-0.39, 0.29) is 18.1 Å². The van der Waals surface area contributed by atoms with Crippen LogP contribution >= 0.6 is 0 Å². The van der Waals surface area contributed by atoms with Crippen molar-refractivity contribution in [2.45, 2.75) is 45.6 Å². The number of carbonyl (C=O) groups is 1. The standard InChI is InChI=1S/C8H15NO2/c1-5(10)8(4)6(2)11-7(3)9-8/h6-7,9H,1-4H3. The van der Waals surface area contributed by atoms with Crippen molar-refractivity contribution in [3.05, 3.63) is 0 Å². The molecule has 0 aromatic heterocycles. The first-order valence-electron chi connectivity index (χ1n) is 3.91. The predicted octanol–water partition coefficient (Wildman–Crippen LogP) is 0.688. The summed E-state index contributed by atoms with van der Waals surface area (Å²) in [5.74, 6) is 0.134. The van der Waals surface area contributed by atoms with Crippen molar-refractivity contribution in [3.8, 4) is 0 Å². The molecule has 0 radical (unpaired) electrons. The fourth-order valence-electron chi connectivity index (χ4n) is 1.40. The highest BCUT2D eigenvalue weighted by atomic mass is 16.5. The highest BCUT2D eigenvalue weighted by molar-refractivity contribution is 5.86. The van der Waals surface area contributed by atoms with E-state index in [9.17, 15) is 4.79 Å². The van der Waals surface area contributed by atoms with E-state index in [1.54, 1.807) is 6.92 Å². The number of nitrogens with one attached hydrogen (secondary N) is 1. The van der Waals surface area contributed by atoms with Gasteiger partial charge >= 0.3 is 0 Å². The van der Waals surface area contributed by atoms with Crippen LogP contribution in [0.2, 0.25) is 0 Å². The predicted molar refractivity (Wildman–Crippen MR) is 42.2 cm³/mol. The van der Waals surface area contributed by atoms with Crippen molar-refractivity contribution < 1.29 is 9.53 Å². The molecule has 0 aliphatic carbocycles. The lowest BCUT2D eigenvalue weighted by Crippen LogP contribution is -2.51. The van der Waals surface area contributed by atoms with Crippen molar-refractivity contribution in [2.75, 3.05) is 0 Å². The van der Waals surface area contributed by atoms with Gasteiger partial charge in [-0.15, -0.1) is 0 Å². The number of carbonyl (C=O) groups excluding carboxylic acids is 1. The third-order valence-corrected chi connectivity index (χ3v) is 2.46.